The molecule has 2 heteroatoms. The van der Waals surface area contributed by atoms with E-state index >= 15 is 0 Å². The number of nitrogens with two attached hydrogens (primary N) is 1. The Morgan fingerprint density at radius 1 is 1.27 bits per heavy atom. The topological polar surface area (TPSA) is 39.2 Å². The molecule has 1 rings (SSSR count). The molecule has 0 aromatic carbocycles. The van der Waals surface area contributed by atoms with Crippen LogP contribution in [0.5, 0.6) is 0 Å². The molecule has 0 aliphatic carbocycles. The van der Waals surface area contributed by atoms with Gasteiger partial charge in [-0.3, -0.25) is 0 Å². The van der Waals surface area contributed by atoms with Gasteiger partial charge in [-0.2, -0.15) is 0 Å². The zero-order chi connectivity index (χ0) is 11.3. The average molecular weight is 209 g/mol. The summed E-state index contributed by atoms with van der Waals surface area (Å²) in [6.07, 6.45) is 4.39. The Kier molecular flexibility index (Phi) is 4.89. The Balaban J connectivity index is 2.36. The lowest BCUT2D eigenvalue weighted by Gasteiger charge is -2.09. The quantitative estimate of drug-likeness (QED) is 0.776. The molecular weight excluding hydrogens is 186 g/mol. The smallest absolute Gasteiger partial charge is 0.120 e. The number of hydrogen-bond acceptors (Lipinski definition) is 2. The van der Waals surface area contributed by atoms with Crippen molar-refractivity contribution in [1.82, 2.24) is 0 Å². The molecule has 0 aliphatic rings. The first-order valence-electron chi connectivity index (χ1n) is 5.97. The molecule has 1 heterocycles. The average Bonchev–Trinajstić information content (AvgIpc) is 2.65. The van der Waals surface area contributed by atoms with Crippen LogP contribution in [0.25, 0.3) is 0 Å². The van der Waals surface area contributed by atoms with Gasteiger partial charge >= 0.3 is 0 Å². The van der Waals surface area contributed by atoms with Crippen LogP contribution in [0, 0.1) is 5.92 Å². The zero-order valence-electron chi connectivity index (χ0n) is 10.1. The lowest BCUT2D eigenvalue weighted by Crippen LogP contribution is -2.09. The monoisotopic (exact) mass is 209 g/mol. The van der Waals surface area contributed by atoms with E-state index in [1.807, 2.05) is 12.1 Å². The number of furan rings is 1. The fraction of sp³-hybridized carbons (Fsp3) is 0.692. The summed E-state index contributed by atoms with van der Waals surface area (Å²) >= 11 is 0. The molecule has 0 saturated heterocycles. The molecule has 2 nitrogen and oxygen atoms in total. The molecule has 0 saturated carbocycles. The fourth-order valence-electron chi connectivity index (χ4n) is 1.67. The second-order valence-corrected chi connectivity index (χ2v) is 4.59. The van der Waals surface area contributed by atoms with Gasteiger partial charge in [0.25, 0.3) is 0 Å². The third-order valence-corrected chi connectivity index (χ3v) is 2.69. The third-order valence-electron chi connectivity index (χ3n) is 2.69. The van der Waals surface area contributed by atoms with Crippen LogP contribution >= 0.6 is 0 Å². The van der Waals surface area contributed by atoms with E-state index in [1.165, 1.54) is 12.8 Å². The first kappa shape index (κ1) is 12.3. The summed E-state index contributed by atoms with van der Waals surface area (Å²) in [5.74, 6) is 2.74. The highest BCUT2D eigenvalue weighted by Crippen LogP contribution is 2.20. The Morgan fingerprint density at radius 2 is 2.00 bits per heavy atom. The molecule has 0 fully saturated rings. The summed E-state index contributed by atoms with van der Waals surface area (Å²) < 4.78 is 5.63. The summed E-state index contributed by atoms with van der Waals surface area (Å²) in [5.41, 5.74) is 6.06. The lowest BCUT2D eigenvalue weighted by molar-refractivity contribution is 0.409. The molecule has 2 N–H and O–H groups in total. The Morgan fingerprint density at radius 3 is 2.53 bits per heavy atom. The molecule has 1 aromatic heterocycles. The van der Waals surface area contributed by atoms with E-state index in [0.717, 1.165) is 30.3 Å². The van der Waals surface area contributed by atoms with Crippen LogP contribution in [0.2, 0.25) is 0 Å². The normalized spacial score (nSPS) is 13.4. The first-order chi connectivity index (χ1) is 7.13. The Bertz CT molecular complexity index is 278. The van der Waals surface area contributed by atoms with Gasteiger partial charge in [-0.15, -0.1) is 0 Å². The van der Waals surface area contributed by atoms with Gasteiger partial charge in [-0.1, -0.05) is 33.6 Å². The van der Waals surface area contributed by atoms with Crippen LogP contribution in [0.4, 0.5) is 0 Å². The molecular formula is C13H23NO. The van der Waals surface area contributed by atoms with Gasteiger partial charge in [0.1, 0.15) is 11.5 Å². The summed E-state index contributed by atoms with van der Waals surface area (Å²) in [5, 5.41) is 0. The van der Waals surface area contributed by atoms with Gasteiger partial charge in [0.15, 0.2) is 0 Å². The highest BCUT2D eigenvalue weighted by Gasteiger charge is 2.10. The van der Waals surface area contributed by atoms with Crippen molar-refractivity contribution >= 4 is 0 Å². The second-order valence-electron chi connectivity index (χ2n) is 4.59. The predicted molar refractivity (Wildman–Crippen MR) is 63.7 cm³/mol. The molecule has 0 aliphatic heterocycles. The molecule has 0 bridgehead atoms. The molecule has 86 valence electrons. The van der Waals surface area contributed by atoms with Crippen molar-refractivity contribution in [3.8, 4) is 0 Å². The number of aryl methyl sites for hydroxylation is 1. The summed E-state index contributed by atoms with van der Waals surface area (Å²) in [4.78, 5) is 0. The van der Waals surface area contributed by atoms with Gasteiger partial charge in [0.05, 0.1) is 6.04 Å². The zero-order valence-corrected chi connectivity index (χ0v) is 10.1. The summed E-state index contributed by atoms with van der Waals surface area (Å²) in [7, 11) is 0. The SMILES string of the molecule is CCc1ccc(C(N)CCCC(C)C)o1. The Labute approximate surface area is 92.9 Å². The van der Waals surface area contributed by atoms with Crippen LogP contribution < -0.4 is 5.73 Å². The van der Waals surface area contributed by atoms with Gasteiger partial charge in [0, 0.05) is 6.42 Å². The Hall–Kier alpha value is -0.760. The van der Waals surface area contributed by atoms with E-state index in [2.05, 4.69) is 20.8 Å². The molecule has 0 radical (unpaired) electrons. The molecule has 1 unspecified atom stereocenters. The molecule has 15 heavy (non-hydrogen) atoms. The number of rotatable bonds is 6. The molecule has 0 spiro atoms. The van der Waals surface area contributed by atoms with Crippen LogP contribution in [-0.4, -0.2) is 0 Å². The molecule has 1 atom stereocenters. The minimum absolute atomic E-state index is 0.0732. The van der Waals surface area contributed by atoms with Gasteiger partial charge in [-0.05, 0) is 24.5 Å². The maximum absolute atomic E-state index is 6.06. The second kappa shape index (κ2) is 5.96. The first-order valence-corrected chi connectivity index (χ1v) is 5.97. The van der Waals surface area contributed by atoms with Crippen LogP contribution in [0.1, 0.15) is 57.6 Å². The largest absolute Gasteiger partial charge is 0.464 e. The number of hydrogen-bond donors (Lipinski definition) is 1. The summed E-state index contributed by atoms with van der Waals surface area (Å²) in [6.45, 7) is 6.58. The van der Waals surface area contributed by atoms with Crippen molar-refractivity contribution in [1.29, 1.82) is 0 Å². The van der Waals surface area contributed by atoms with Crippen molar-refractivity contribution in [2.45, 2.75) is 52.5 Å². The van der Waals surface area contributed by atoms with Crippen molar-refractivity contribution in [2.75, 3.05) is 0 Å². The van der Waals surface area contributed by atoms with E-state index in [1.54, 1.807) is 0 Å². The van der Waals surface area contributed by atoms with Gasteiger partial charge in [0.2, 0.25) is 0 Å². The van der Waals surface area contributed by atoms with Crippen molar-refractivity contribution in [2.24, 2.45) is 11.7 Å². The molecule has 1 aromatic rings. The van der Waals surface area contributed by atoms with E-state index < -0.39 is 0 Å². The minimum Gasteiger partial charge on any atom is -0.464 e. The standard InChI is InChI=1S/C13H23NO/c1-4-11-8-9-13(15-11)12(14)7-5-6-10(2)3/h8-10,12H,4-7,14H2,1-3H3. The third kappa shape index (κ3) is 4.08. The predicted octanol–water partition coefficient (Wildman–Crippen LogP) is 3.67. The fourth-order valence-corrected chi connectivity index (χ4v) is 1.67. The highest BCUT2D eigenvalue weighted by atomic mass is 16.3. The van der Waals surface area contributed by atoms with Crippen LogP contribution in [-0.2, 0) is 6.42 Å². The van der Waals surface area contributed by atoms with Gasteiger partial charge < -0.3 is 10.2 Å². The highest BCUT2D eigenvalue weighted by molar-refractivity contribution is 5.10. The van der Waals surface area contributed by atoms with E-state index in [9.17, 15) is 0 Å². The van der Waals surface area contributed by atoms with E-state index in [-0.39, 0.29) is 6.04 Å². The van der Waals surface area contributed by atoms with Crippen molar-refractivity contribution < 1.29 is 4.42 Å². The summed E-state index contributed by atoms with van der Waals surface area (Å²) in [6, 6.07) is 4.11. The maximum atomic E-state index is 6.06. The van der Waals surface area contributed by atoms with Crippen LogP contribution in [0.15, 0.2) is 16.5 Å². The minimum atomic E-state index is 0.0732. The van der Waals surface area contributed by atoms with Crippen LogP contribution in [0.3, 0.4) is 0 Å². The van der Waals surface area contributed by atoms with E-state index in [4.69, 9.17) is 10.2 Å². The molecule has 0 amide bonds. The van der Waals surface area contributed by atoms with E-state index in [0.29, 0.717) is 0 Å². The van der Waals surface area contributed by atoms with Crippen molar-refractivity contribution in [3.63, 3.8) is 0 Å². The van der Waals surface area contributed by atoms with Gasteiger partial charge in [-0.25, -0.2) is 0 Å². The maximum Gasteiger partial charge on any atom is 0.120 e. The van der Waals surface area contributed by atoms with Crippen molar-refractivity contribution in [3.05, 3.63) is 23.7 Å². The lowest BCUT2D eigenvalue weighted by atomic mass is 10.0.